The number of carbonyl (C=O) groups excluding carboxylic acids is 2. The maximum Gasteiger partial charge on any atom is 0.352 e. The second kappa shape index (κ2) is 15.0. The van der Waals surface area contributed by atoms with Crippen molar-refractivity contribution in [3.8, 4) is 0 Å². The first-order valence-corrected chi connectivity index (χ1v) is 18.9. The topological polar surface area (TPSA) is 164 Å². The van der Waals surface area contributed by atoms with Gasteiger partial charge < -0.3 is 25.1 Å². The Hall–Kier alpha value is -5.45. The summed E-state index contributed by atoms with van der Waals surface area (Å²) in [5.74, 6) is -1.74. The van der Waals surface area contributed by atoms with E-state index in [-0.39, 0.29) is 17.1 Å². The molecule has 0 aliphatic carbocycles. The number of aryl methyl sites for hydroxylation is 1. The van der Waals surface area contributed by atoms with Gasteiger partial charge in [-0.3, -0.25) is 14.5 Å². The summed E-state index contributed by atoms with van der Waals surface area (Å²) in [6, 6.07) is 29.2. The Bertz CT molecular complexity index is 2060. The van der Waals surface area contributed by atoms with Gasteiger partial charge in [0.25, 0.3) is 11.8 Å². The third kappa shape index (κ3) is 6.55. The second-order valence-corrected chi connectivity index (χ2v) is 14.7. The van der Waals surface area contributed by atoms with Crippen LogP contribution < -0.4 is 10.6 Å². The van der Waals surface area contributed by atoms with Crippen molar-refractivity contribution in [3.05, 3.63) is 136 Å². The van der Waals surface area contributed by atoms with E-state index in [1.807, 2.05) is 54.6 Å². The van der Waals surface area contributed by atoms with Gasteiger partial charge in [-0.25, -0.2) is 9.78 Å². The number of fused-ring (bicyclic) bond motifs is 1. The van der Waals surface area contributed by atoms with E-state index in [0.29, 0.717) is 27.4 Å². The number of nitrogens with one attached hydrogen (secondary N) is 2. The van der Waals surface area contributed by atoms with Gasteiger partial charge in [0.1, 0.15) is 41.8 Å². The molecule has 2 aromatic heterocycles. The zero-order valence-electron chi connectivity index (χ0n) is 27.9. The molecule has 2 aliphatic rings. The van der Waals surface area contributed by atoms with Gasteiger partial charge in [0.05, 0.1) is 0 Å². The van der Waals surface area contributed by atoms with Crippen LogP contribution in [0.2, 0.25) is 0 Å². The maximum atomic E-state index is 13.8. The third-order valence-electron chi connectivity index (χ3n) is 8.64. The molecule has 2 amide bonds. The van der Waals surface area contributed by atoms with Gasteiger partial charge in [-0.15, -0.1) is 33.3 Å². The normalized spacial score (nSPS) is 17.3. The number of carboxylic acid groups (broad SMARTS) is 1. The number of nitrogens with zero attached hydrogens (tertiary/aromatic N) is 6. The number of carbonyl (C=O) groups is 3. The fraction of sp³-hybridized carbons (Fsp3) is 0.194. The number of aliphatic carboxylic acids is 1. The molecule has 3 aromatic carbocycles. The lowest BCUT2D eigenvalue weighted by Gasteiger charge is -2.49. The molecule has 13 nitrogen and oxygen atoms in total. The highest BCUT2D eigenvalue weighted by Crippen LogP contribution is 2.42. The van der Waals surface area contributed by atoms with Crippen LogP contribution in [0.25, 0.3) is 0 Å². The highest BCUT2D eigenvalue weighted by molar-refractivity contribution is 8.01. The van der Waals surface area contributed by atoms with Crippen molar-refractivity contribution < 1.29 is 24.3 Å². The number of amides is 2. The minimum absolute atomic E-state index is 0.0753. The first-order valence-electron chi connectivity index (χ1n) is 16.0. The SMILES string of the molecule is CON=C(C(=O)NC1C(=O)N2C(C(=O)O)=C(CSc3nncn3C)CS[C@@H]12)c1csc(NC(c2ccccc2)(c2ccccc2)c2ccccc2)n1. The lowest BCUT2D eigenvalue weighted by molar-refractivity contribution is -0.150. The average molecular weight is 753 g/mol. The summed E-state index contributed by atoms with van der Waals surface area (Å²) in [4.78, 5) is 50.7. The lowest BCUT2D eigenvalue weighted by Crippen LogP contribution is -2.71. The molecule has 1 unspecified atom stereocenters. The van der Waals surface area contributed by atoms with Gasteiger partial charge in [0.15, 0.2) is 16.0 Å². The Labute approximate surface area is 311 Å². The molecule has 16 heteroatoms. The number of anilines is 1. The maximum absolute atomic E-state index is 13.8. The first kappa shape index (κ1) is 35.0. The Balaban J connectivity index is 1.13. The number of aromatic nitrogens is 4. The Morgan fingerprint density at radius 1 is 1.02 bits per heavy atom. The summed E-state index contributed by atoms with van der Waals surface area (Å²) in [7, 11) is 3.12. The van der Waals surface area contributed by atoms with Crippen LogP contribution in [0.15, 0.2) is 124 Å². The molecule has 0 spiro atoms. The van der Waals surface area contributed by atoms with Crippen LogP contribution in [-0.2, 0) is 31.8 Å². The smallest absolute Gasteiger partial charge is 0.352 e. The van der Waals surface area contributed by atoms with Crippen molar-refractivity contribution in [2.75, 3.05) is 23.9 Å². The Morgan fingerprint density at radius 2 is 1.63 bits per heavy atom. The number of rotatable bonds is 13. The van der Waals surface area contributed by atoms with Crippen LogP contribution in [0, 0.1) is 0 Å². The molecule has 2 atom stereocenters. The zero-order chi connectivity index (χ0) is 36.2. The molecule has 264 valence electrons. The van der Waals surface area contributed by atoms with Gasteiger partial charge in [0.2, 0.25) is 0 Å². The zero-order valence-corrected chi connectivity index (χ0v) is 30.3. The molecule has 3 N–H and O–H groups in total. The molecule has 7 rings (SSSR count). The highest BCUT2D eigenvalue weighted by atomic mass is 32.2. The van der Waals surface area contributed by atoms with Gasteiger partial charge >= 0.3 is 5.97 Å². The Kier molecular flexibility index (Phi) is 10.1. The number of hydrogen-bond acceptors (Lipinski definition) is 12. The summed E-state index contributed by atoms with van der Waals surface area (Å²) >= 11 is 4.01. The van der Waals surface area contributed by atoms with E-state index in [2.05, 4.69) is 62.4 Å². The summed E-state index contributed by atoms with van der Waals surface area (Å²) in [6.45, 7) is 0. The van der Waals surface area contributed by atoms with Gasteiger partial charge in [0, 0.05) is 23.9 Å². The van der Waals surface area contributed by atoms with E-state index in [1.54, 1.807) is 23.3 Å². The molecule has 2 aliphatic heterocycles. The van der Waals surface area contributed by atoms with Gasteiger partial charge in [-0.1, -0.05) is 108 Å². The fourth-order valence-electron chi connectivity index (χ4n) is 6.24. The standard InChI is InChI=1S/C36H32N8O5S3/c1-43-21-37-41-35(43)52-19-22-18-50-32-28(31(46)44(32)29(22)33(47)48)39-30(45)27(42-49-2)26-20-51-34(38-26)40-36(23-12-6-3-7-13-23,24-14-8-4-9-15-24)25-16-10-5-11-17-25/h3-17,20-21,28,32H,18-19H2,1-2H3,(H,38,40)(H,39,45)(H,47,48)/t28?,32-/m0/s1. The van der Waals surface area contributed by atoms with Crippen LogP contribution in [0.3, 0.4) is 0 Å². The molecular formula is C36H32N8O5S3. The minimum atomic E-state index is -1.21. The predicted octanol–water partition coefficient (Wildman–Crippen LogP) is 4.56. The third-order valence-corrected chi connectivity index (χ3v) is 11.9. The summed E-state index contributed by atoms with van der Waals surface area (Å²) in [6.07, 6.45) is 1.56. The van der Waals surface area contributed by atoms with Gasteiger partial charge in [-0.2, -0.15) is 0 Å². The van der Waals surface area contributed by atoms with Crippen molar-refractivity contribution in [1.29, 1.82) is 0 Å². The summed E-state index contributed by atoms with van der Waals surface area (Å²) < 4.78 is 1.73. The molecule has 4 heterocycles. The number of hydrogen-bond donors (Lipinski definition) is 3. The van der Waals surface area contributed by atoms with Crippen LogP contribution in [0.1, 0.15) is 22.4 Å². The van der Waals surface area contributed by atoms with Crippen molar-refractivity contribution in [3.63, 3.8) is 0 Å². The predicted molar refractivity (Wildman–Crippen MR) is 200 cm³/mol. The number of benzene rings is 3. The number of carboxylic acids is 1. The molecule has 0 bridgehead atoms. The first-order chi connectivity index (χ1) is 25.3. The minimum Gasteiger partial charge on any atom is -0.477 e. The Morgan fingerprint density at radius 3 is 2.17 bits per heavy atom. The highest BCUT2D eigenvalue weighted by Gasteiger charge is 2.54. The molecule has 5 aromatic rings. The fourth-order valence-corrected chi connectivity index (χ4v) is 9.36. The molecule has 1 fully saturated rings. The van der Waals surface area contributed by atoms with E-state index < -0.39 is 34.7 Å². The number of thioether (sulfide) groups is 2. The van der Waals surface area contributed by atoms with Crippen LogP contribution >= 0.6 is 34.9 Å². The van der Waals surface area contributed by atoms with E-state index in [0.717, 1.165) is 16.7 Å². The van der Waals surface area contributed by atoms with Crippen molar-refractivity contribution in [1.82, 2.24) is 30.0 Å². The molecule has 1 saturated heterocycles. The largest absolute Gasteiger partial charge is 0.477 e. The van der Waals surface area contributed by atoms with E-state index in [4.69, 9.17) is 9.82 Å². The number of β-lactam (4-membered cyclic amide) rings is 1. The monoisotopic (exact) mass is 752 g/mol. The van der Waals surface area contributed by atoms with Crippen molar-refractivity contribution >= 4 is 63.5 Å². The van der Waals surface area contributed by atoms with Crippen molar-refractivity contribution in [2.45, 2.75) is 22.1 Å². The molecule has 52 heavy (non-hydrogen) atoms. The number of thiazole rings is 1. The van der Waals surface area contributed by atoms with Crippen LogP contribution in [0.4, 0.5) is 5.13 Å². The molecule has 0 saturated carbocycles. The quantitative estimate of drug-likeness (QED) is 0.0508. The molecular weight excluding hydrogens is 721 g/mol. The van der Waals surface area contributed by atoms with Gasteiger partial charge in [-0.05, 0) is 22.3 Å². The average Bonchev–Trinajstić information content (AvgIpc) is 3.82. The summed E-state index contributed by atoms with van der Waals surface area (Å²) in [5, 5.41) is 30.7. The van der Waals surface area contributed by atoms with Crippen LogP contribution in [0.5, 0.6) is 0 Å². The van der Waals surface area contributed by atoms with E-state index in [1.165, 1.54) is 46.9 Å². The number of oxime groups is 1. The van der Waals surface area contributed by atoms with E-state index in [9.17, 15) is 19.5 Å². The summed E-state index contributed by atoms with van der Waals surface area (Å²) in [5.41, 5.74) is 2.72. The molecule has 0 radical (unpaired) electrons. The second-order valence-electron chi connectivity index (χ2n) is 11.8. The van der Waals surface area contributed by atoms with Crippen molar-refractivity contribution in [2.24, 2.45) is 12.2 Å². The van der Waals surface area contributed by atoms with E-state index >= 15 is 0 Å². The van der Waals surface area contributed by atoms with Crippen LogP contribution in [-0.4, -0.2) is 83.3 Å². The lowest BCUT2D eigenvalue weighted by atomic mass is 9.77.